The van der Waals surface area contributed by atoms with Crippen LogP contribution < -0.4 is 4.74 Å². The fraction of sp³-hybridized carbons (Fsp3) is 0.458. The molecule has 1 atom stereocenters. The van der Waals surface area contributed by atoms with E-state index in [1.807, 2.05) is 4.90 Å². The quantitative estimate of drug-likeness (QED) is 0.400. The van der Waals surface area contributed by atoms with E-state index < -0.39 is 42.6 Å². The highest BCUT2D eigenvalue weighted by molar-refractivity contribution is 5.75. The van der Waals surface area contributed by atoms with Gasteiger partial charge in [-0.2, -0.15) is 13.2 Å². The smallest absolute Gasteiger partial charge is 0.401 e. The first-order chi connectivity index (χ1) is 16.2. The van der Waals surface area contributed by atoms with E-state index in [-0.39, 0.29) is 24.8 Å². The maximum atomic E-state index is 15.2. The van der Waals surface area contributed by atoms with Gasteiger partial charge in [0.05, 0.1) is 19.3 Å². The van der Waals surface area contributed by atoms with E-state index in [2.05, 4.69) is 0 Å². The topological polar surface area (TPSA) is 32.8 Å². The van der Waals surface area contributed by atoms with E-state index in [9.17, 15) is 22.4 Å². The van der Waals surface area contributed by atoms with Crippen molar-refractivity contribution in [2.24, 2.45) is 0 Å². The predicted octanol–water partition coefficient (Wildman–Crippen LogP) is 4.71. The van der Waals surface area contributed by atoms with E-state index in [0.717, 1.165) is 17.0 Å². The maximum Gasteiger partial charge on any atom is 0.401 e. The molecule has 0 aromatic heterocycles. The number of likely N-dealkylation sites (tertiary alicyclic amines) is 1. The number of carbonyl (C=O) groups excluding carboxylic acids is 1. The average molecular weight is 486 g/mol. The Morgan fingerprint density at radius 2 is 1.79 bits per heavy atom. The summed E-state index contributed by atoms with van der Waals surface area (Å²) in [6.45, 7) is -0.265. The number of aldehydes is 1. The summed E-state index contributed by atoms with van der Waals surface area (Å²) >= 11 is 0. The number of halogens is 6. The molecule has 4 nitrogen and oxygen atoms in total. The fourth-order valence-corrected chi connectivity index (χ4v) is 4.66. The number of hydrogen-bond donors (Lipinski definition) is 0. The van der Waals surface area contributed by atoms with Crippen LogP contribution in [0.3, 0.4) is 0 Å². The molecule has 184 valence electrons. The molecule has 2 heterocycles. The third-order valence-corrected chi connectivity index (χ3v) is 6.17. The molecular weight excluding hydrogens is 462 g/mol. The minimum Gasteiger partial charge on any atom is -0.488 e. The van der Waals surface area contributed by atoms with Gasteiger partial charge in [0.2, 0.25) is 0 Å². The number of alkyl halides is 4. The molecule has 34 heavy (non-hydrogen) atoms. The third-order valence-electron chi connectivity index (χ3n) is 6.17. The van der Waals surface area contributed by atoms with Gasteiger partial charge < -0.3 is 4.74 Å². The van der Waals surface area contributed by atoms with Gasteiger partial charge in [0.25, 0.3) is 0 Å². The minimum absolute atomic E-state index is 0.0522. The molecule has 0 radical (unpaired) electrons. The van der Waals surface area contributed by atoms with Crippen molar-refractivity contribution in [2.45, 2.75) is 31.2 Å². The van der Waals surface area contributed by atoms with Crippen LogP contribution in [-0.2, 0) is 6.42 Å². The number of rotatable bonds is 8. The van der Waals surface area contributed by atoms with Crippen molar-refractivity contribution < 1.29 is 35.9 Å². The predicted molar refractivity (Wildman–Crippen MR) is 113 cm³/mol. The molecule has 2 aromatic rings. The molecule has 0 N–H and O–H groups in total. The first-order valence-electron chi connectivity index (χ1n) is 11.0. The van der Waals surface area contributed by atoms with Crippen LogP contribution in [0.2, 0.25) is 0 Å². The summed E-state index contributed by atoms with van der Waals surface area (Å²) in [6, 6.07) is 5.09. The number of fused-ring (bicyclic) bond motifs is 1. The van der Waals surface area contributed by atoms with Gasteiger partial charge in [0.15, 0.2) is 0 Å². The van der Waals surface area contributed by atoms with Crippen molar-refractivity contribution in [3.05, 3.63) is 64.2 Å². The highest BCUT2D eigenvalue weighted by atomic mass is 19.4. The minimum atomic E-state index is -4.56. The summed E-state index contributed by atoms with van der Waals surface area (Å²) in [7, 11) is 0. The van der Waals surface area contributed by atoms with Crippen LogP contribution in [0, 0.1) is 11.6 Å². The molecule has 2 aromatic carbocycles. The van der Waals surface area contributed by atoms with Crippen molar-refractivity contribution in [1.29, 1.82) is 0 Å². The summed E-state index contributed by atoms with van der Waals surface area (Å²) in [5, 5.41) is 0. The molecule has 0 spiro atoms. The van der Waals surface area contributed by atoms with Gasteiger partial charge in [-0.25, -0.2) is 8.78 Å². The van der Waals surface area contributed by atoms with E-state index in [1.165, 1.54) is 12.1 Å². The zero-order valence-electron chi connectivity index (χ0n) is 18.3. The second kappa shape index (κ2) is 9.95. The van der Waals surface area contributed by atoms with Gasteiger partial charge in [-0.1, -0.05) is 12.1 Å². The van der Waals surface area contributed by atoms with Gasteiger partial charge in [-0.15, -0.1) is 0 Å². The van der Waals surface area contributed by atoms with Crippen molar-refractivity contribution in [1.82, 2.24) is 9.80 Å². The lowest BCUT2D eigenvalue weighted by molar-refractivity contribution is -0.150. The van der Waals surface area contributed by atoms with Crippen LogP contribution in [0.1, 0.15) is 39.5 Å². The molecule has 2 aliphatic rings. The van der Waals surface area contributed by atoms with Crippen LogP contribution in [-0.4, -0.2) is 67.8 Å². The third kappa shape index (κ3) is 5.38. The molecule has 0 saturated carbocycles. The van der Waals surface area contributed by atoms with Crippen LogP contribution >= 0.6 is 0 Å². The average Bonchev–Trinajstić information content (AvgIpc) is 2.74. The zero-order chi connectivity index (χ0) is 24.5. The van der Waals surface area contributed by atoms with Gasteiger partial charge >= 0.3 is 6.18 Å². The number of nitrogens with zero attached hydrogens (tertiary/aromatic N) is 2. The number of ether oxygens (including phenoxy) is 1. The SMILES string of the molecule is O=Cc1ccc2c(c1)CCN(CC(F)(F)F)C2c1c(F)cc(OC2CN(CCCF)C2)cc1F. The van der Waals surface area contributed by atoms with Gasteiger partial charge in [0.1, 0.15) is 29.8 Å². The van der Waals surface area contributed by atoms with E-state index in [4.69, 9.17) is 4.74 Å². The highest BCUT2D eigenvalue weighted by Gasteiger charge is 2.40. The first-order valence-corrected chi connectivity index (χ1v) is 11.0. The summed E-state index contributed by atoms with van der Waals surface area (Å²) in [4.78, 5) is 14.1. The normalized spacial score (nSPS) is 19.5. The van der Waals surface area contributed by atoms with E-state index in [0.29, 0.717) is 49.0 Å². The number of carbonyl (C=O) groups is 1. The van der Waals surface area contributed by atoms with E-state index >= 15 is 8.78 Å². The Labute approximate surface area is 193 Å². The molecule has 0 amide bonds. The Morgan fingerprint density at radius 1 is 1.09 bits per heavy atom. The lowest BCUT2D eigenvalue weighted by atomic mass is 9.86. The number of hydrogen-bond acceptors (Lipinski definition) is 4. The lowest BCUT2D eigenvalue weighted by Gasteiger charge is -2.39. The molecular formula is C24H24F6N2O2. The largest absolute Gasteiger partial charge is 0.488 e. The second-order valence-electron chi connectivity index (χ2n) is 8.66. The van der Waals surface area contributed by atoms with Gasteiger partial charge in [0, 0.05) is 49.4 Å². The Morgan fingerprint density at radius 3 is 2.41 bits per heavy atom. The zero-order valence-corrected chi connectivity index (χ0v) is 18.3. The monoisotopic (exact) mass is 486 g/mol. The van der Waals surface area contributed by atoms with Crippen LogP contribution in [0.15, 0.2) is 30.3 Å². The molecule has 0 bridgehead atoms. The molecule has 1 saturated heterocycles. The number of benzene rings is 2. The Hall–Kier alpha value is -2.59. The standard InChI is InChI=1S/C24H24F6N2O2/c25-5-1-6-31-11-18(12-31)34-17-9-20(26)22(21(27)10-17)23-19-3-2-15(13-33)8-16(19)4-7-32(23)14-24(28,29)30/h2-3,8-10,13,18,23H,1,4-7,11-12,14H2. The van der Waals surface area contributed by atoms with Crippen molar-refractivity contribution in [3.8, 4) is 5.75 Å². The summed E-state index contributed by atoms with van der Waals surface area (Å²) in [5.74, 6) is -2.07. The lowest BCUT2D eigenvalue weighted by Crippen LogP contribution is -2.53. The van der Waals surface area contributed by atoms with Crippen LogP contribution in [0.5, 0.6) is 5.75 Å². The molecule has 10 heteroatoms. The molecule has 1 fully saturated rings. The van der Waals surface area contributed by atoms with Crippen molar-refractivity contribution in [2.75, 3.05) is 39.4 Å². The summed E-state index contributed by atoms with van der Waals surface area (Å²) in [5.41, 5.74) is 0.757. The maximum absolute atomic E-state index is 15.2. The molecule has 2 aliphatic heterocycles. The molecule has 4 rings (SSSR count). The summed E-state index contributed by atoms with van der Waals surface area (Å²) in [6.07, 6.45) is -3.63. The highest BCUT2D eigenvalue weighted by Crippen LogP contribution is 2.40. The first kappa shape index (κ1) is 24.5. The van der Waals surface area contributed by atoms with Crippen LogP contribution in [0.4, 0.5) is 26.3 Å². The summed E-state index contributed by atoms with van der Waals surface area (Å²) < 4.78 is 88.1. The van der Waals surface area contributed by atoms with Crippen molar-refractivity contribution >= 4 is 6.29 Å². The molecule has 0 aliphatic carbocycles. The molecule has 1 unspecified atom stereocenters. The second-order valence-corrected chi connectivity index (χ2v) is 8.66. The Kier molecular flexibility index (Phi) is 7.18. The fourth-order valence-electron chi connectivity index (χ4n) is 4.66. The van der Waals surface area contributed by atoms with Crippen molar-refractivity contribution in [3.63, 3.8) is 0 Å². The Balaban J connectivity index is 1.62. The van der Waals surface area contributed by atoms with E-state index in [1.54, 1.807) is 6.07 Å². The van der Waals surface area contributed by atoms with Crippen LogP contribution in [0.25, 0.3) is 0 Å². The Bertz CT molecular complexity index is 1020. The van der Waals surface area contributed by atoms with Gasteiger partial charge in [-0.05, 0) is 30.0 Å². The van der Waals surface area contributed by atoms with Gasteiger partial charge in [-0.3, -0.25) is 19.0 Å².